The first-order valence-corrected chi connectivity index (χ1v) is 12.1. The molecule has 8 heteroatoms. The van der Waals surface area contributed by atoms with Gasteiger partial charge >= 0.3 is 0 Å². The van der Waals surface area contributed by atoms with E-state index in [9.17, 15) is 25.5 Å². The Morgan fingerprint density at radius 2 is 1.79 bits per heavy atom. The van der Waals surface area contributed by atoms with Gasteiger partial charge in [-0.05, 0) is 85.0 Å². The minimum absolute atomic E-state index is 0.0227. The second-order valence-corrected chi connectivity index (χ2v) is 10.6. The van der Waals surface area contributed by atoms with E-state index in [-0.39, 0.29) is 11.5 Å². The maximum absolute atomic E-state index is 10.6. The highest BCUT2D eigenvalue weighted by Gasteiger charge is 2.54. The van der Waals surface area contributed by atoms with Crippen LogP contribution < -0.4 is 9.47 Å². The summed E-state index contributed by atoms with van der Waals surface area (Å²) in [5, 5.41) is 50.5. The highest BCUT2D eigenvalue weighted by atomic mass is 16.7. The zero-order chi connectivity index (χ0) is 23.5. The van der Waals surface area contributed by atoms with Gasteiger partial charge in [-0.3, -0.25) is 0 Å². The third-order valence-electron chi connectivity index (χ3n) is 9.05. The molecule has 3 aliphatic carbocycles. The van der Waals surface area contributed by atoms with Crippen LogP contribution in [0.15, 0.2) is 12.1 Å². The summed E-state index contributed by atoms with van der Waals surface area (Å²) in [6.07, 6.45) is -0.882. The van der Waals surface area contributed by atoms with Gasteiger partial charge in [0, 0.05) is 0 Å². The number of benzene rings is 1. The van der Waals surface area contributed by atoms with Crippen molar-refractivity contribution in [3.05, 3.63) is 23.3 Å². The van der Waals surface area contributed by atoms with Crippen molar-refractivity contribution in [2.45, 2.75) is 88.2 Å². The molecule has 33 heavy (non-hydrogen) atoms. The van der Waals surface area contributed by atoms with E-state index in [4.69, 9.17) is 14.2 Å². The van der Waals surface area contributed by atoms with E-state index in [1.54, 1.807) is 7.11 Å². The van der Waals surface area contributed by atoms with Gasteiger partial charge in [-0.15, -0.1) is 0 Å². The molecule has 1 aliphatic heterocycles. The summed E-state index contributed by atoms with van der Waals surface area (Å²) in [6, 6.07) is 3.96. The topological polar surface area (TPSA) is 129 Å². The van der Waals surface area contributed by atoms with Crippen molar-refractivity contribution in [3.63, 3.8) is 0 Å². The molecule has 1 unspecified atom stereocenters. The molecule has 1 aromatic rings. The van der Waals surface area contributed by atoms with Gasteiger partial charge in [0.1, 0.15) is 24.4 Å². The molecule has 0 radical (unpaired) electrons. The van der Waals surface area contributed by atoms with E-state index in [1.165, 1.54) is 11.1 Å². The van der Waals surface area contributed by atoms with Crippen LogP contribution in [-0.2, 0) is 11.2 Å². The molecule has 5 N–H and O–H groups in total. The van der Waals surface area contributed by atoms with Crippen molar-refractivity contribution in [2.24, 2.45) is 17.3 Å². The molecular weight excluding hydrogens is 428 g/mol. The zero-order valence-corrected chi connectivity index (χ0v) is 19.3. The summed E-state index contributed by atoms with van der Waals surface area (Å²) in [7, 11) is 1.56. The molecule has 1 saturated heterocycles. The fourth-order valence-electron chi connectivity index (χ4n) is 7.09. The predicted octanol–water partition coefficient (Wildman–Crippen LogP) is 1.09. The Morgan fingerprint density at radius 1 is 1.00 bits per heavy atom. The third-order valence-corrected chi connectivity index (χ3v) is 9.05. The Bertz CT molecular complexity index is 874. The second kappa shape index (κ2) is 8.66. The minimum Gasteiger partial charge on any atom is -0.493 e. The Kier molecular flexibility index (Phi) is 6.12. The molecule has 184 valence electrons. The van der Waals surface area contributed by atoms with Crippen molar-refractivity contribution in [1.82, 2.24) is 0 Å². The number of hydrogen-bond donors (Lipinski definition) is 5. The van der Waals surface area contributed by atoms with E-state index >= 15 is 0 Å². The largest absolute Gasteiger partial charge is 0.493 e. The van der Waals surface area contributed by atoms with Gasteiger partial charge in [-0.25, -0.2) is 0 Å². The molecule has 2 saturated carbocycles. The maximum Gasteiger partial charge on any atom is 0.229 e. The highest BCUT2D eigenvalue weighted by molar-refractivity contribution is 5.50. The Labute approximate surface area is 194 Å². The Hall–Kier alpha value is -1.42. The van der Waals surface area contributed by atoms with Gasteiger partial charge in [-0.1, -0.05) is 6.92 Å². The molecule has 5 rings (SSSR count). The van der Waals surface area contributed by atoms with E-state index in [0.717, 1.165) is 38.5 Å². The molecular formula is C25H36O8. The van der Waals surface area contributed by atoms with Crippen molar-refractivity contribution in [2.75, 3.05) is 13.7 Å². The zero-order valence-electron chi connectivity index (χ0n) is 19.3. The van der Waals surface area contributed by atoms with Crippen molar-refractivity contribution < 1.29 is 39.7 Å². The summed E-state index contributed by atoms with van der Waals surface area (Å²) in [6.45, 7) is 1.75. The molecule has 10 atom stereocenters. The van der Waals surface area contributed by atoms with Crippen LogP contribution in [-0.4, -0.2) is 76.1 Å². The Balaban J connectivity index is 1.41. The lowest BCUT2D eigenvalue weighted by Gasteiger charge is -2.50. The van der Waals surface area contributed by atoms with Crippen molar-refractivity contribution >= 4 is 0 Å². The number of ether oxygens (including phenoxy) is 3. The summed E-state index contributed by atoms with van der Waals surface area (Å²) in [5.41, 5.74) is 2.47. The van der Waals surface area contributed by atoms with Gasteiger partial charge in [-0.2, -0.15) is 0 Å². The number of aliphatic hydroxyl groups is 5. The van der Waals surface area contributed by atoms with Crippen LogP contribution in [0, 0.1) is 17.3 Å². The monoisotopic (exact) mass is 464 g/mol. The molecule has 1 heterocycles. The van der Waals surface area contributed by atoms with Crippen LogP contribution in [0.3, 0.4) is 0 Å². The van der Waals surface area contributed by atoms with E-state index < -0.39 is 37.3 Å². The van der Waals surface area contributed by atoms with Gasteiger partial charge in [0.2, 0.25) is 6.29 Å². The van der Waals surface area contributed by atoms with Gasteiger partial charge in [0.05, 0.1) is 19.8 Å². The van der Waals surface area contributed by atoms with E-state index in [2.05, 4.69) is 6.92 Å². The normalized spacial score (nSPS) is 44.5. The quantitative estimate of drug-likeness (QED) is 0.448. The van der Waals surface area contributed by atoms with E-state index in [0.29, 0.717) is 29.3 Å². The van der Waals surface area contributed by atoms with Crippen LogP contribution in [0.25, 0.3) is 0 Å². The smallest absolute Gasteiger partial charge is 0.229 e. The molecule has 4 aliphatic rings. The summed E-state index contributed by atoms with van der Waals surface area (Å²) in [5.74, 6) is 2.43. The Morgan fingerprint density at radius 3 is 2.52 bits per heavy atom. The lowest BCUT2D eigenvalue weighted by atomic mass is 9.55. The second-order valence-electron chi connectivity index (χ2n) is 10.6. The lowest BCUT2D eigenvalue weighted by molar-refractivity contribution is -0.277. The standard InChI is InChI=1S/C25H36O8/c1-25-8-7-13-14(16(25)5-6-20(25)27)4-3-12-9-18(17(31-2)10-15(12)13)32-24-23(30)22(29)21(28)19(11-26)33-24/h9-10,13-14,16,19-24,26-30H,3-8,11H2,1-2H3/t13-,14+,16-,19+,20-,21-,22-,23+,24?,25-/m0/s1. The van der Waals surface area contributed by atoms with Crippen LogP contribution in [0.1, 0.15) is 56.1 Å². The first-order valence-electron chi connectivity index (χ1n) is 12.1. The number of aliphatic hydroxyl groups excluding tert-OH is 5. The predicted molar refractivity (Wildman–Crippen MR) is 118 cm³/mol. The summed E-state index contributed by atoms with van der Waals surface area (Å²) < 4.78 is 17.1. The van der Waals surface area contributed by atoms with Gasteiger partial charge in [0.15, 0.2) is 11.5 Å². The molecule has 0 aromatic heterocycles. The fraction of sp³-hybridized carbons (Fsp3) is 0.760. The molecule has 3 fully saturated rings. The number of rotatable bonds is 4. The summed E-state index contributed by atoms with van der Waals surface area (Å²) >= 11 is 0. The molecule has 0 amide bonds. The average Bonchev–Trinajstić information content (AvgIpc) is 3.13. The lowest BCUT2D eigenvalue weighted by Crippen LogP contribution is -2.60. The van der Waals surface area contributed by atoms with Crippen LogP contribution in [0.2, 0.25) is 0 Å². The SMILES string of the molecule is COc1cc2c(cc1OC1O[C@H](CO)[C@H](O)[C@H](O)[C@H]1O)CC[C@@H]1[C@@H]2CC[C@]2(C)[C@@H](O)CC[C@@H]12. The van der Waals surface area contributed by atoms with Crippen molar-refractivity contribution in [1.29, 1.82) is 0 Å². The molecule has 0 spiro atoms. The van der Waals surface area contributed by atoms with Crippen LogP contribution in [0.5, 0.6) is 11.5 Å². The number of hydrogen-bond acceptors (Lipinski definition) is 8. The van der Waals surface area contributed by atoms with E-state index in [1.807, 2.05) is 12.1 Å². The molecule has 8 nitrogen and oxygen atoms in total. The van der Waals surface area contributed by atoms with Gasteiger partial charge in [0.25, 0.3) is 0 Å². The maximum atomic E-state index is 10.6. The minimum atomic E-state index is -1.50. The van der Waals surface area contributed by atoms with Crippen LogP contribution >= 0.6 is 0 Å². The first kappa shape index (κ1) is 23.3. The van der Waals surface area contributed by atoms with Crippen LogP contribution in [0.4, 0.5) is 0 Å². The highest BCUT2D eigenvalue weighted by Crippen LogP contribution is 2.61. The number of fused-ring (bicyclic) bond motifs is 5. The fourth-order valence-corrected chi connectivity index (χ4v) is 7.09. The first-order chi connectivity index (χ1) is 15.8. The van der Waals surface area contributed by atoms with Crippen molar-refractivity contribution in [3.8, 4) is 11.5 Å². The average molecular weight is 465 g/mol. The number of aryl methyl sites for hydroxylation is 1. The molecule has 1 aromatic carbocycles. The summed E-state index contributed by atoms with van der Waals surface area (Å²) in [4.78, 5) is 0. The number of methoxy groups -OCH3 is 1. The van der Waals surface area contributed by atoms with Gasteiger partial charge < -0.3 is 39.7 Å². The third kappa shape index (κ3) is 3.66. The molecule has 0 bridgehead atoms.